The van der Waals surface area contributed by atoms with Crippen LogP contribution >= 0.6 is 23.2 Å². The maximum Gasteiger partial charge on any atom is 0.244 e. The Labute approximate surface area is 130 Å². The molecule has 1 aromatic rings. The van der Waals surface area contributed by atoms with E-state index in [2.05, 4.69) is 5.32 Å². The lowest BCUT2D eigenvalue weighted by Crippen LogP contribution is -2.39. The molecule has 0 saturated carbocycles. The minimum Gasteiger partial charge on any atom is -0.316 e. The zero-order valence-electron chi connectivity index (χ0n) is 11.3. The molecule has 0 radical (unpaired) electrons. The van der Waals surface area contributed by atoms with Gasteiger partial charge in [-0.05, 0) is 44.0 Å². The Hall–Kier alpha value is -0.330. The SMILES string of the molecule is CN(CC1CCCNC1)S(=O)(=O)c1cccc(Cl)c1Cl. The van der Waals surface area contributed by atoms with Crippen LogP contribution in [-0.2, 0) is 10.0 Å². The zero-order chi connectivity index (χ0) is 14.8. The van der Waals surface area contributed by atoms with Gasteiger partial charge >= 0.3 is 0 Å². The predicted octanol–water partition coefficient (Wildman–Crippen LogP) is 2.61. The lowest BCUT2D eigenvalue weighted by atomic mass is 10.00. The van der Waals surface area contributed by atoms with E-state index in [1.807, 2.05) is 0 Å². The van der Waals surface area contributed by atoms with E-state index in [1.54, 1.807) is 19.2 Å². The molecular formula is C13H18Cl2N2O2S. The second-order valence-electron chi connectivity index (χ2n) is 5.05. The number of nitrogens with zero attached hydrogens (tertiary/aromatic N) is 1. The largest absolute Gasteiger partial charge is 0.316 e. The molecule has 1 N–H and O–H groups in total. The second-order valence-corrected chi connectivity index (χ2v) is 7.85. The van der Waals surface area contributed by atoms with Crippen molar-refractivity contribution in [2.75, 3.05) is 26.7 Å². The molecule has 112 valence electrons. The number of rotatable bonds is 4. The molecule has 20 heavy (non-hydrogen) atoms. The van der Waals surface area contributed by atoms with Crippen LogP contribution in [0, 0.1) is 5.92 Å². The highest BCUT2D eigenvalue weighted by Gasteiger charge is 2.27. The van der Waals surface area contributed by atoms with E-state index >= 15 is 0 Å². The topological polar surface area (TPSA) is 49.4 Å². The highest BCUT2D eigenvalue weighted by Crippen LogP contribution is 2.30. The van der Waals surface area contributed by atoms with Gasteiger partial charge in [0.2, 0.25) is 10.0 Å². The van der Waals surface area contributed by atoms with Crippen LogP contribution in [0.1, 0.15) is 12.8 Å². The summed E-state index contributed by atoms with van der Waals surface area (Å²) in [4.78, 5) is 0.0675. The molecule has 1 heterocycles. The summed E-state index contributed by atoms with van der Waals surface area (Å²) in [5, 5.41) is 3.62. The van der Waals surface area contributed by atoms with Crippen molar-refractivity contribution in [3.05, 3.63) is 28.2 Å². The van der Waals surface area contributed by atoms with Crippen molar-refractivity contribution in [2.24, 2.45) is 5.92 Å². The van der Waals surface area contributed by atoms with Gasteiger partial charge in [0, 0.05) is 13.6 Å². The summed E-state index contributed by atoms with van der Waals surface area (Å²) in [5.74, 6) is 0.335. The molecule has 1 aromatic carbocycles. The number of halogens is 2. The monoisotopic (exact) mass is 336 g/mol. The molecule has 2 rings (SSSR count). The first-order valence-electron chi connectivity index (χ1n) is 6.54. The Bertz CT molecular complexity index is 572. The summed E-state index contributed by atoms with van der Waals surface area (Å²) < 4.78 is 26.4. The van der Waals surface area contributed by atoms with Gasteiger partial charge in [0.15, 0.2) is 0 Å². The van der Waals surface area contributed by atoms with E-state index in [0.29, 0.717) is 12.5 Å². The molecule has 1 aliphatic heterocycles. The van der Waals surface area contributed by atoms with Gasteiger partial charge in [-0.15, -0.1) is 0 Å². The van der Waals surface area contributed by atoms with Crippen LogP contribution in [0.2, 0.25) is 10.0 Å². The molecule has 0 aliphatic carbocycles. The third kappa shape index (κ3) is 3.46. The number of piperidine rings is 1. The molecule has 1 saturated heterocycles. The van der Waals surface area contributed by atoms with Crippen molar-refractivity contribution in [1.82, 2.24) is 9.62 Å². The molecule has 1 atom stereocenters. The molecule has 7 heteroatoms. The first kappa shape index (κ1) is 16.0. The molecule has 0 spiro atoms. The minimum absolute atomic E-state index is 0.0675. The van der Waals surface area contributed by atoms with Crippen molar-refractivity contribution >= 4 is 33.2 Å². The highest BCUT2D eigenvalue weighted by molar-refractivity contribution is 7.89. The quantitative estimate of drug-likeness (QED) is 0.919. The Morgan fingerprint density at radius 2 is 2.15 bits per heavy atom. The number of nitrogens with one attached hydrogen (secondary N) is 1. The van der Waals surface area contributed by atoms with Crippen molar-refractivity contribution < 1.29 is 8.42 Å². The van der Waals surface area contributed by atoms with E-state index in [1.165, 1.54) is 10.4 Å². The van der Waals surface area contributed by atoms with Crippen LogP contribution in [0.4, 0.5) is 0 Å². The lowest BCUT2D eigenvalue weighted by Gasteiger charge is -2.27. The highest BCUT2D eigenvalue weighted by atomic mass is 35.5. The standard InChI is InChI=1S/C13H18Cl2N2O2S/c1-17(9-10-4-3-7-16-8-10)20(18,19)12-6-2-5-11(14)13(12)15/h2,5-6,10,16H,3-4,7-9H2,1H3. The Morgan fingerprint density at radius 1 is 1.40 bits per heavy atom. The maximum absolute atomic E-state index is 12.5. The molecule has 4 nitrogen and oxygen atoms in total. The van der Waals surface area contributed by atoms with Crippen molar-refractivity contribution in [3.63, 3.8) is 0 Å². The fourth-order valence-corrected chi connectivity index (χ4v) is 4.37. The Morgan fingerprint density at radius 3 is 2.80 bits per heavy atom. The van der Waals surface area contributed by atoms with E-state index < -0.39 is 10.0 Å². The first-order valence-corrected chi connectivity index (χ1v) is 8.73. The summed E-state index contributed by atoms with van der Waals surface area (Å²) >= 11 is 11.9. The molecular weight excluding hydrogens is 319 g/mol. The smallest absolute Gasteiger partial charge is 0.244 e. The first-order chi connectivity index (χ1) is 9.43. The zero-order valence-corrected chi connectivity index (χ0v) is 13.6. The van der Waals surface area contributed by atoms with Gasteiger partial charge in [-0.1, -0.05) is 29.3 Å². The fraction of sp³-hybridized carbons (Fsp3) is 0.538. The van der Waals surface area contributed by atoms with Gasteiger partial charge in [0.05, 0.1) is 10.0 Å². The van der Waals surface area contributed by atoms with Crippen molar-refractivity contribution in [3.8, 4) is 0 Å². The lowest BCUT2D eigenvalue weighted by molar-refractivity contribution is 0.315. The molecule has 0 bridgehead atoms. The van der Waals surface area contributed by atoms with Gasteiger partial charge < -0.3 is 5.32 Å². The van der Waals surface area contributed by atoms with Crippen LogP contribution in [0.5, 0.6) is 0 Å². The number of sulfonamides is 1. The van der Waals surface area contributed by atoms with Crippen molar-refractivity contribution in [1.29, 1.82) is 0 Å². The minimum atomic E-state index is -3.60. The molecule has 1 unspecified atom stereocenters. The number of hydrogen-bond acceptors (Lipinski definition) is 3. The predicted molar refractivity (Wildman–Crippen MR) is 81.9 cm³/mol. The van der Waals surface area contributed by atoms with Crippen molar-refractivity contribution in [2.45, 2.75) is 17.7 Å². The normalized spacial score (nSPS) is 20.3. The number of benzene rings is 1. The number of hydrogen-bond donors (Lipinski definition) is 1. The maximum atomic E-state index is 12.5. The molecule has 1 aliphatic rings. The van der Waals surface area contributed by atoms with E-state index in [9.17, 15) is 8.42 Å². The third-order valence-electron chi connectivity index (χ3n) is 3.52. The summed E-state index contributed by atoms with van der Waals surface area (Å²) in [6.07, 6.45) is 2.12. The third-order valence-corrected chi connectivity index (χ3v) is 6.32. The second kappa shape index (κ2) is 6.62. The van der Waals surface area contributed by atoms with Crippen LogP contribution in [0.3, 0.4) is 0 Å². The van der Waals surface area contributed by atoms with Gasteiger partial charge in [-0.3, -0.25) is 0 Å². The summed E-state index contributed by atoms with van der Waals surface area (Å²) in [6.45, 7) is 2.34. The van der Waals surface area contributed by atoms with Gasteiger partial charge in [-0.2, -0.15) is 0 Å². The van der Waals surface area contributed by atoms with Gasteiger partial charge in [0.25, 0.3) is 0 Å². The Kier molecular flexibility index (Phi) is 5.31. The van der Waals surface area contributed by atoms with E-state index in [-0.39, 0.29) is 14.9 Å². The molecule has 0 aromatic heterocycles. The molecule has 1 fully saturated rings. The van der Waals surface area contributed by atoms with Crippen LogP contribution in [-0.4, -0.2) is 39.4 Å². The average molecular weight is 337 g/mol. The van der Waals surface area contributed by atoms with Gasteiger partial charge in [-0.25, -0.2) is 12.7 Å². The Balaban J connectivity index is 2.18. The van der Waals surface area contributed by atoms with Crippen LogP contribution < -0.4 is 5.32 Å². The van der Waals surface area contributed by atoms with E-state index in [0.717, 1.165) is 25.9 Å². The molecule has 0 amide bonds. The van der Waals surface area contributed by atoms with Crippen LogP contribution in [0.15, 0.2) is 23.1 Å². The average Bonchev–Trinajstić information content (AvgIpc) is 2.42. The van der Waals surface area contributed by atoms with E-state index in [4.69, 9.17) is 23.2 Å². The summed E-state index contributed by atoms with van der Waals surface area (Å²) in [6, 6.07) is 4.66. The van der Waals surface area contributed by atoms with Gasteiger partial charge in [0.1, 0.15) is 4.90 Å². The summed E-state index contributed by atoms with van der Waals surface area (Å²) in [7, 11) is -2.02. The van der Waals surface area contributed by atoms with Crippen LogP contribution in [0.25, 0.3) is 0 Å². The fourth-order valence-electron chi connectivity index (χ4n) is 2.39. The summed E-state index contributed by atoms with van der Waals surface area (Å²) in [5.41, 5.74) is 0.